The van der Waals surface area contributed by atoms with E-state index in [1.165, 1.54) is 0 Å². The molecule has 24 heavy (non-hydrogen) atoms. The first-order valence-corrected chi connectivity index (χ1v) is 8.62. The standard InChI is InChI=1S/C16H29N5O3/c1-12-7-18-13(2)10-24-16(22)5-4-6-21-9-14(19-20-21)11-23-15(12)8-17-3/h9,12-13,15,17-18H,4-8,10-11H2,1-3H3/t12-,13+,15-/m1/s1. The van der Waals surface area contributed by atoms with Gasteiger partial charge in [0.15, 0.2) is 0 Å². The highest BCUT2D eigenvalue weighted by atomic mass is 16.5. The summed E-state index contributed by atoms with van der Waals surface area (Å²) in [5, 5.41) is 14.8. The molecule has 0 fully saturated rings. The Labute approximate surface area is 143 Å². The van der Waals surface area contributed by atoms with Gasteiger partial charge in [-0.2, -0.15) is 0 Å². The van der Waals surface area contributed by atoms with Gasteiger partial charge in [-0.15, -0.1) is 5.10 Å². The smallest absolute Gasteiger partial charge is 0.305 e. The van der Waals surface area contributed by atoms with Crippen LogP contribution in [0.4, 0.5) is 0 Å². The molecule has 8 heteroatoms. The van der Waals surface area contributed by atoms with Crippen molar-refractivity contribution >= 4 is 5.97 Å². The summed E-state index contributed by atoms with van der Waals surface area (Å²) < 4.78 is 13.1. The maximum atomic E-state index is 11.8. The zero-order chi connectivity index (χ0) is 17.4. The summed E-state index contributed by atoms with van der Waals surface area (Å²) in [4.78, 5) is 11.8. The van der Waals surface area contributed by atoms with Gasteiger partial charge in [0.25, 0.3) is 0 Å². The zero-order valence-electron chi connectivity index (χ0n) is 14.8. The lowest BCUT2D eigenvalue weighted by atomic mass is 10.0. The van der Waals surface area contributed by atoms with Gasteiger partial charge >= 0.3 is 5.97 Å². The van der Waals surface area contributed by atoms with Crippen molar-refractivity contribution in [3.63, 3.8) is 0 Å². The number of aromatic nitrogens is 3. The third-order valence-corrected chi connectivity index (χ3v) is 4.12. The van der Waals surface area contributed by atoms with Crippen LogP contribution in [0.15, 0.2) is 6.20 Å². The predicted octanol–water partition coefficient (Wildman–Crippen LogP) is 0.334. The highest BCUT2D eigenvalue weighted by molar-refractivity contribution is 5.69. The van der Waals surface area contributed by atoms with Crippen LogP contribution in [0.3, 0.4) is 0 Å². The van der Waals surface area contributed by atoms with Crippen LogP contribution in [0.5, 0.6) is 0 Å². The summed E-state index contributed by atoms with van der Waals surface area (Å²) in [7, 11) is 1.92. The molecule has 3 atom stereocenters. The number of hydrogen-bond donors (Lipinski definition) is 2. The number of rotatable bonds is 2. The van der Waals surface area contributed by atoms with E-state index in [4.69, 9.17) is 9.47 Å². The molecule has 1 aliphatic heterocycles. The molecular weight excluding hydrogens is 310 g/mol. The second kappa shape index (κ2) is 9.71. The number of hydrogen-bond acceptors (Lipinski definition) is 7. The van der Waals surface area contributed by atoms with Crippen LogP contribution in [-0.2, 0) is 27.4 Å². The molecule has 2 N–H and O–H groups in total. The topological polar surface area (TPSA) is 90.3 Å². The molecule has 0 radical (unpaired) electrons. The van der Waals surface area contributed by atoms with Crippen molar-refractivity contribution in [3.05, 3.63) is 11.9 Å². The Bertz CT molecular complexity index is 508. The van der Waals surface area contributed by atoms with Gasteiger partial charge in [0.05, 0.1) is 18.9 Å². The number of aryl methyl sites for hydroxylation is 1. The number of carbonyl (C=O) groups is 1. The fourth-order valence-corrected chi connectivity index (χ4v) is 2.58. The highest BCUT2D eigenvalue weighted by Crippen LogP contribution is 2.10. The van der Waals surface area contributed by atoms with Crippen LogP contribution < -0.4 is 10.6 Å². The maximum absolute atomic E-state index is 11.8. The summed E-state index contributed by atoms with van der Waals surface area (Å²) in [6, 6.07) is 0.118. The SMILES string of the molecule is CNC[C@H]1OCc2cn(nn2)CCCC(=O)OC[C@H](C)NC[C@H]1C. The summed E-state index contributed by atoms with van der Waals surface area (Å²) in [5.41, 5.74) is 0.805. The Morgan fingerprint density at radius 1 is 1.46 bits per heavy atom. The van der Waals surface area contributed by atoms with E-state index in [1.54, 1.807) is 4.68 Å². The number of esters is 1. The summed E-state index contributed by atoms with van der Waals surface area (Å²) in [6.07, 6.45) is 3.01. The van der Waals surface area contributed by atoms with Crippen molar-refractivity contribution < 1.29 is 14.3 Å². The van der Waals surface area contributed by atoms with Gasteiger partial charge in [0, 0.05) is 32.1 Å². The fourth-order valence-electron chi connectivity index (χ4n) is 2.58. The Morgan fingerprint density at radius 3 is 3.08 bits per heavy atom. The minimum absolute atomic E-state index is 0.0651. The molecule has 0 unspecified atom stereocenters. The summed E-state index contributed by atoms with van der Waals surface area (Å²) in [5.74, 6) is 0.138. The summed E-state index contributed by atoms with van der Waals surface area (Å²) in [6.45, 7) is 7.19. The molecule has 2 rings (SSSR count). The molecule has 1 aromatic heterocycles. The third kappa shape index (κ3) is 6.18. The lowest BCUT2D eigenvalue weighted by molar-refractivity contribution is -0.144. The van der Waals surface area contributed by atoms with Gasteiger partial charge in [-0.25, -0.2) is 0 Å². The molecular formula is C16H29N5O3. The van der Waals surface area contributed by atoms with Crippen LogP contribution in [0.1, 0.15) is 32.4 Å². The number of likely N-dealkylation sites (N-methyl/N-ethyl adjacent to an activating group) is 1. The second-order valence-electron chi connectivity index (χ2n) is 6.45. The van der Waals surface area contributed by atoms with E-state index in [0.717, 1.165) is 18.8 Å². The molecule has 8 nitrogen and oxygen atoms in total. The van der Waals surface area contributed by atoms with Crippen molar-refractivity contribution in [2.24, 2.45) is 5.92 Å². The van der Waals surface area contributed by atoms with Gasteiger partial charge in [-0.05, 0) is 26.3 Å². The average Bonchev–Trinajstić information content (AvgIpc) is 3.01. The molecule has 0 aromatic carbocycles. The van der Waals surface area contributed by atoms with E-state index in [2.05, 4.69) is 27.9 Å². The Morgan fingerprint density at radius 2 is 2.29 bits per heavy atom. The number of fused-ring (bicyclic) bond motifs is 2. The molecule has 0 saturated carbocycles. The molecule has 0 saturated heterocycles. The Balaban J connectivity index is 2.02. The van der Waals surface area contributed by atoms with Crippen LogP contribution in [0.2, 0.25) is 0 Å². The van der Waals surface area contributed by atoms with E-state index in [-0.39, 0.29) is 18.1 Å². The molecule has 1 aliphatic rings. The average molecular weight is 339 g/mol. The molecule has 0 spiro atoms. The van der Waals surface area contributed by atoms with E-state index in [9.17, 15) is 4.79 Å². The van der Waals surface area contributed by atoms with E-state index in [1.807, 2.05) is 20.2 Å². The number of carbonyl (C=O) groups excluding carboxylic acids is 1. The Hall–Kier alpha value is -1.51. The predicted molar refractivity (Wildman–Crippen MR) is 89.3 cm³/mol. The van der Waals surface area contributed by atoms with Crippen molar-refractivity contribution in [1.82, 2.24) is 25.6 Å². The fraction of sp³-hybridized carbons (Fsp3) is 0.812. The van der Waals surface area contributed by atoms with Crippen LogP contribution in [-0.4, -0.2) is 59.9 Å². The second-order valence-corrected chi connectivity index (χ2v) is 6.45. The minimum atomic E-state index is -0.166. The number of cyclic esters (lactones) is 1. The van der Waals surface area contributed by atoms with Gasteiger partial charge in [0.1, 0.15) is 12.3 Å². The van der Waals surface area contributed by atoms with E-state index < -0.39 is 0 Å². The Kier molecular flexibility index (Phi) is 7.61. The van der Waals surface area contributed by atoms with E-state index >= 15 is 0 Å². The molecule has 2 bridgehead atoms. The molecule has 0 aliphatic carbocycles. The van der Waals surface area contributed by atoms with E-state index in [0.29, 0.717) is 38.5 Å². The van der Waals surface area contributed by atoms with Crippen molar-refractivity contribution in [2.45, 2.75) is 52.0 Å². The third-order valence-electron chi connectivity index (χ3n) is 4.12. The quantitative estimate of drug-likeness (QED) is 0.751. The maximum Gasteiger partial charge on any atom is 0.305 e. The van der Waals surface area contributed by atoms with Gasteiger partial charge < -0.3 is 20.1 Å². The number of nitrogens with zero attached hydrogens (tertiary/aromatic N) is 3. The van der Waals surface area contributed by atoms with Gasteiger partial charge in [-0.3, -0.25) is 9.48 Å². The molecule has 2 heterocycles. The first-order chi connectivity index (χ1) is 11.6. The van der Waals surface area contributed by atoms with Crippen LogP contribution in [0.25, 0.3) is 0 Å². The monoisotopic (exact) mass is 339 g/mol. The lowest BCUT2D eigenvalue weighted by Gasteiger charge is -2.25. The molecule has 0 amide bonds. The normalized spacial score (nSPS) is 27.6. The highest BCUT2D eigenvalue weighted by Gasteiger charge is 2.19. The molecule has 136 valence electrons. The first kappa shape index (κ1) is 18.8. The largest absolute Gasteiger partial charge is 0.464 e. The first-order valence-electron chi connectivity index (χ1n) is 8.62. The minimum Gasteiger partial charge on any atom is -0.464 e. The van der Waals surface area contributed by atoms with Gasteiger partial charge in [-0.1, -0.05) is 12.1 Å². The van der Waals surface area contributed by atoms with Crippen molar-refractivity contribution in [2.75, 3.05) is 26.7 Å². The van der Waals surface area contributed by atoms with Crippen molar-refractivity contribution in [1.29, 1.82) is 0 Å². The number of ether oxygens (including phenoxy) is 2. The van der Waals surface area contributed by atoms with Crippen molar-refractivity contribution in [3.8, 4) is 0 Å². The van der Waals surface area contributed by atoms with Crippen LogP contribution in [0, 0.1) is 5.92 Å². The molecule has 1 aromatic rings. The summed E-state index contributed by atoms with van der Waals surface area (Å²) >= 11 is 0. The zero-order valence-corrected chi connectivity index (χ0v) is 14.8. The lowest BCUT2D eigenvalue weighted by Crippen LogP contribution is -2.41. The number of nitrogens with one attached hydrogen (secondary N) is 2. The van der Waals surface area contributed by atoms with Gasteiger partial charge in [0.2, 0.25) is 0 Å². The van der Waals surface area contributed by atoms with Crippen LogP contribution >= 0.6 is 0 Å².